The van der Waals surface area contributed by atoms with Gasteiger partial charge < -0.3 is 10.2 Å². The maximum atomic E-state index is 12.9. The number of amides is 1. The number of nitrogens with zero attached hydrogens (tertiary/aromatic N) is 3. The van der Waals surface area contributed by atoms with E-state index >= 15 is 0 Å². The van der Waals surface area contributed by atoms with Crippen molar-refractivity contribution in [3.63, 3.8) is 0 Å². The third kappa shape index (κ3) is 4.36. The van der Waals surface area contributed by atoms with Crippen molar-refractivity contribution in [3.8, 4) is 0 Å². The molecule has 8 heteroatoms. The number of thioether (sulfide) groups is 1. The van der Waals surface area contributed by atoms with Crippen LogP contribution in [0.3, 0.4) is 0 Å². The summed E-state index contributed by atoms with van der Waals surface area (Å²) >= 11 is 2.85. The SMILES string of the molecule is CCn1c(SCC(=O)Nc2ccc(N3CCCC3)cc2C)nc2sc(C)c(C)c2c1=O. The molecule has 0 aliphatic carbocycles. The van der Waals surface area contributed by atoms with Crippen molar-refractivity contribution in [2.24, 2.45) is 0 Å². The van der Waals surface area contributed by atoms with E-state index in [-0.39, 0.29) is 17.2 Å². The normalized spacial score (nSPS) is 13.9. The number of aryl methyl sites for hydroxylation is 3. The lowest BCUT2D eigenvalue weighted by molar-refractivity contribution is -0.113. The number of aromatic nitrogens is 2. The third-order valence-corrected chi connectivity index (χ3v) is 7.94. The fourth-order valence-electron chi connectivity index (χ4n) is 3.97. The van der Waals surface area contributed by atoms with Crippen molar-refractivity contribution in [3.05, 3.63) is 44.6 Å². The van der Waals surface area contributed by atoms with Crippen LogP contribution in [0.4, 0.5) is 11.4 Å². The van der Waals surface area contributed by atoms with Crippen LogP contribution in [0.1, 0.15) is 35.8 Å². The minimum atomic E-state index is -0.0995. The summed E-state index contributed by atoms with van der Waals surface area (Å²) in [5, 5.41) is 4.31. The molecule has 0 radical (unpaired) electrons. The molecule has 6 nitrogen and oxygen atoms in total. The average Bonchev–Trinajstić information content (AvgIpc) is 3.37. The van der Waals surface area contributed by atoms with Crippen LogP contribution in [0, 0.1) is 20.8 Å². The molecular weight excluding hydrogens is 428 g/mol. The minimum Gasteiger partial charge on any atom is -0.372 e. The van der Waals surface area contributed by atoms with E-state index < -0.39 is 0 Å². The molecule has 0 atom stereocenters. The maximum absolute atomic E-state index is 12.9. The number of carbonyl (C=O) groups excluding carboxylic acids is 1. The molecule has 4 rings (SSSR count). The summed E-state index contributed by atoms with van der Waals surface area (Å²) in [5.74, 6) is 0.103. The van der Waals surface area contributed by atoms with Gasteiger partial charge in [0.15, 0.2) is 5.16 Å². The Bertz CT molecular complexity index is 1190. The Balaban J connectivity index is 1.47. The monoisotopic (exact) mass is 456 g/mol. The number of rotatable bonds is 6. The van der Waals surface area contributed by atoms with Crippen LogP contribution < -0.4 is 15.8 Å². The van der Waals surface area contributed by atoms with E-state index in [1.165, 1.54) is 41.6 Å². The molecule has 1 saturated heterocycles. The summed E-state index contributed by atoms with van der Waals surface area (Å²) in [5.41, 5.74) is 4.08. The molecule has 1 N–H and O–H groups in total. The molecule has 3 aromatic rings. The summed E-state index contributed by atoms with van der Waals surface area (Å²) in [6.07, 6.45) is 2.48. The fourth-order valence-corrected chi connectivity index (χ4v) is 5.91. The fraction of sp³-hybridized carbons (Fsp3) is 0.435. The Morgan fingerprint density at radius 1 is 1.23 bits per heavy atom. The van der Waals surface area contributed by atoms with E-state index in [4.69, 9.17) is 4.98 Å². The summed E-state index contributed by atoms with van der Waals surface area (Å²) < 4.78 is 1.66. The lowest BCUT2D eigenvalue weighted by atomic mass is 10.1. The van der Waals surface area contributed by atoms with Gasteiger partial charge in [-0.2, -0.15) is 0 Å². The Hall–Kier alpha value is -2.32. The highest BCUT2D eigenvalue weighted by Gasteiger charge is 2.18. The second-order valence-electron chi connectivity index (χ2n) is 7.94. The predicted molar refractivity (Wildman–Crippen MR) is 131 cm³/mol. The number of nitrogens with one attached hydrogen (secondary N) is 1. The first-order valence-corrected chi connectivity index (χ1v) is 12.5. The Morgan fingerprint density at radius 3 is 2.65 bits per heavy atom. The first-order chi connectivity index (χ1) is 14.9. The number of benzene rings is 1. The quantitative estimate of drug-likeness (QED) is 0.429. The Kier molecular flexibility index (Phi) is 6.39. The van der Waals surface area contributed by atoms with Crippen LogP contribution in [0.2, 0.25) is 0 Å². The molecular formula is C23H28N4O2S2. The van der Waals surface area contributed by atoms with E-state index in [0.29, 0.717) is 17.1 Å². The zero-order valence-corrected chi connectivity index (χ0v) is 20.1. The van der Waals surface area contributed by atoms with Gasteiger partial charge in [0.25, 0.3) is 5.56 Å². The molecule has 1 amide bonds. The molecule has 31 heavy (non-hydrogen) atoms. The van der Waals surface area contributed by atoms with Crippen molar-refractivity contribution >= 4 is 50.6 Å². The molecule has 1 aliphatic heterocycles. The van der Waals surface area contributed by atoms with Crippen LogP contribution >= 0.6 is 23.1 Å². The molecule has 0 bridgehead atoms. The largest absolute Gasteiger partial charge is 0.372 e. The standard InChI is InChI=1S/C23H28N4O2S2/c1-5-27-22(29)20-15(3)16(4)31-21(20)25-23(27)30-13-19(28)24-18-9-8-17(12-14(18)2)26-10-6-7-11-26/h8-9,12H,5-7,10-11,13H2,1-4H3,(H,24,28). The van der Waals surface area contributed by atoms with Gasteiger partial charge in [0.1, 0.15) is 4.83 Å². The van der Waals surface area contributed by atoms with Crippen LogP contribution in [0.15, 0.2) is 28.2 Å². The number of hydrogen-bond acceptors (Lipinski definition) is 6. The van der Waals surface area contributed by atoms with E-state index in [0.717, 1.165) is 39.6 Å². The second kappa shape index (κ2) is 9.04. The molecule has 1 aliphatic rings. The van der Waals surface area contributed by atoms with Gasteiger partial charge in [-0.1, -0.05) is 11.8 Å². The van der Waals surface area contributed by atoms with E-state index in [2.05, 4.69) is 22.3 Å². The van der Waals surface area contributed by atoms with Crippen LogP contribution in [0.5, 0.6) is 0 Å². The van der Waals surface area contributed by atoms with Gasteiger partial charge in [-0.3, -0.25) is 14.2 Å². The van der Waals surface area contributed by atoms with Crippen molar-refractivity contribution < 1.29 is 4.79 Å². The van der Waals surface area contributed by atoms with Crippen molar-refractivity contribution in [1.29, 1.82) is 0 Å². The molecule has 2 aromatic heterocycles. The van der Waals surface area contributed by atoms with Crippen molar-refractivity contribution in [2.45, 2.75) is 52.2 Å². The first kappa shape index (κ1) is 21.9. The lowest BCUT2D eigenvalue weighted by Crippen LogP contribution is -2.23. The molecule has 0 saturated carbocycles. The molecule has 164 valence electrons. The highest BCUT2D eigenvalue weighted by Crippen LogP contribution is 2.29. The number of hydrogen-bond donors (Lipinski definition) is 1. The van der Waals surface area contributed by atoms with E-state index in [1.807, 2.05) is 33.8 Å². The zero-order chi connectivity index (χ0) is 22.1. The van der Waals surface area contributed by atoms with Gasteiger partial charge in [-0.25, -0.2) is 4.98 Å². The van der Waals surface area contributed by atoms with E-state index in [1.54, 1.807) is 4.57 Å². The highest BCUT2D eigenvalue weighted by atomic mass is 32.2. The molecule has 1 fully saturated rings. The summed E-state index contributed by atoms with van der Waals surface area (Å²) in [7, 11) is 0. The van der Waals surface area contributed by atoms with Crippen molar-refractivity contribution in [1.82, 2.24) is 9.55 Å². The van der Waals surface area contributed by atoms with Gasteiger partial charge >= 0.3 is 0 Å². The highest BCUT2D eigenvalue weighted by molar-refractivity contribution is 7.99. The minimum absolute atomic E-state index is 0.0226. The summed E-state index contributed by atoms with van der Waals surface area (Å²) in [6, 6.07) is 6.20. The smallest absolute Gasteiger partial charge is 0.263 e. The maximum Gasteiger partial charge on any atom is 0.263 e. The van der Waals surface area contributed by atoms with Gasteiger partial charge in [0, 0.05) is 35.9 Å². The molecule has 0 unspecified atom stereocenters. The number of anilines is 2. The van der Waals surface area contributed by atoms with Gasteiger partial charge in [-0.05, 0) is 69.9 Å². The van der Waals surface area contributed by atoms with Gasteiger partial charge in [0.2, 0.25) is 5.91 Å². The summed E-state index contributed by atoms with van der Waals surface area (Å²) in [4.78, 5) is 34.5. The second-order valence-corrected chi connectivity index (χ2v) is 10.1. The van der Waals surface area contributed by atoms with Crippen molar-refractivity contribution in [2.75, 3.05) is 29.1 Å². The number of carbonyl (C=O) groups is 1. The molecule has 1 aromatic carbocycles. The zero-order valence-electron chi connectivity index (χ0n) is 18.4. The molecule has 3 heterocycles. The van der Waals surface area contributed by atoms with Gasteiger partial charge in [-0.15, -0.1) is 11.3 Å². The lowest BCUT2D eigenvalue weighted by Gasteiger charge is -2.19. The van der Waals surface area contributed by atoms with Gasteiger partial charge in [0.05, 0.1) is 11.1 Å². The van der Waals surface area contributed by atoms with Crippen LogP contribution in [-0.2, 0) is 11.3 Å². The Morgan fingerprint density at radius 2 is 1.97 bits per heavy atom. The first-order valence-electron chi connectivity index (χ1n) is 10.7. The Labute approximate surface area is 190 Å². The predicted octanol–water partition coefficient (Wildman–Crippen LogP) is 4.73. The van der Waals surface area contributed by atoms with Crippen LogP contribution in [-0.4, -0.2) is 34.3 Å². The van der Waals surface area contributed by atoms with E-state index in [9.17, 15) is 9.59 Å². The third-order valence-electron chi connectivity index (χ3n) is 5.86. The topological polar surface area (TPSA) is 67.2 Å². The molecule has 0 spiro atoms. The average molecular weight is 457 g/mol. The summed E-state index contributed by atoms with van der Waals surface area (Å²) in [6.45, 7) is 10.6. The van der Waals surface area contributed by atoms with Crippen LogP contribution in [0.25, 0.3) is 10.2 Å². The number of thiophene rings is 1. The number of fused-ring (bicyclic) bond motifs is 1.